The van der Waals surface area contributed by atoms with Crippen LogP contribution in [0, 0.1) is 0 Å². The normalized spacial score (nSPS) is 21.0. The van der Waals surface area contributed by atoms with E-state index in [4.69, 9.17) is 9.15 Å². The number of hydrogen-bond acceptors (Lipinski definition) is 5. The number of methoxy groups -OCH3 is 1. The summed E-state index contributed by atoms with van der Waals surface area (Å²) in [5.74, 6) is 2.19. The number of fused-ring (bicyclic) bond motifs is 1. The fraction of sp³-hybridized carbons (Fsp3) is 0.529. The zero-order chi connectivity index (χ0) is 14.9. The smallest absolute Gasteiger partial charge is 0.315 e. The maximum atomic E-state index is 5.79. The first-order valence-electron chi connectivity index (χ1n) is 8.10. The Bertz CT molecular complexity index is 664. The van der Waals surface area contributed by atoms with E-state index in [1.165, 1.54) is 30.4 Å². The first-order valence-corrected chi connectivity index (χ1v) is 8.10. The number of anilines is 1. The quantitative estimate of drug-likeness (QED) is 0.929. The largest absolute Gasteiger partial charge is 0.497 e. The van der Waals surface area contributed by atoms with Crippen molar-refractivity contribution < 1.29 is 9.15 Å². The van der Waals surface area contributed by atoms with Gasteiger partial charge >= 0.3 is 6.01 Å². The lowest BCUT2D eigenvalue weighted by Crippen LogP contribution is -2.17. The molecule has 0 saturated heterocycles. The van der Waals surface area contributed by atoms with E-state index in [1.54, 1.807) is 7.11 Å². The third kappa shape index (κ3) is 2.45. The molecule has 22 heavy (non-hydrogen) atoms. The Morgan fingerprint density at radius 2 is 2.09 bits per heavy atom. The second kappa shape index (κ2) is 5.63. The minimum Gasteiger partial charge on any atom is -0.497 e. The van der Waals surface area contributed by atoms with Crippen LogP contribution in [0.1, 0.15) is 61.1 Å². The molecule has 0 amide bonds. The number of rotatable bonds is 4. The molecule has 0 unspecified atom stereocenters. The number of aryl methyl sites for hydroxylation is 1. The molecule has 0 aliphatic heterocycles. The molecule has 2 aliphatic rings. The third-order valence-corrected chi connectivity index (χ3v) is 4.86. The van der Waals surface area contributed by atoms with Gasteiger partial charge in [-0.05, 0) is 55.4 Å². The summed E-state index contributed by atoms with van der Waals surface area (Å²) < 4.78 is 11.1. The van der Waals surface area contributed by atoms with Crippen LogP contribution in [0.25, 0.3) is 0 Å². The number of nitrogens with one attached hydrogen (secondary N) is 1. The van der Waals surface area contributed by atoms with Gasteiger partial charge < -0.3 is 14.5 Å². The predicted molar refractivity (Wildman–Crippen MR) is 83.2 cm³/mol. The number of hydrogen-bond donors (Lipinski definition) is 1. The Kier molecular flexibility index (Phi) is 3.48. The molecule has 5 heteroatoms. The molecule has 5 nitrogen and oxygen atoms in total. The zero-order valence-corrected chi connectivity index (χ0v) is 12.8. The highest BCUT2D eigenvalue weighted by molar-refractivity contribution is 5.42. The van der Waals surface area contributed by atoms with Crippen molar-refractivity contribution in [1.29, 1.82) is 0 Å². The van der Waals surface area contributed by atoms with Crippen LogP contribution in [0.5, 0.6) is 5.75 Å². The van der Waals surface area contributed by atoms with Crippen molar-refractivity contribution in [2.24, 2.45) is 0 Å². The summed E-state index contributed by atoms with van der Waals surface area (Å²) in [6.07, 6.45) is 6.96. The lowest BCUT2D eigenvalue weighted by molar-refractivity contribution is 0.337. The monoisotopic (exact) mass is 299 g/mol. The van der Waals surface area contributed by atoms with E-state index in [0.717, 1.165) is 30.9 Å². The summed E-state index contributed by atoms with van der Waals surface area (Å²) >= 11 is 0. The first-order chi connectivity index (χ1) is 10.8. The standard InChI is InChI=1S/C17H21N3O2/c1-21-13-8-9-14-12(10-13)6-3-7-15(14)18-17-20-19-16(22-17)11-4-2-5-11/h8-11,15H,2-7H2,1H3,(H,18,20)/t15-/m1/s1. The van der Waals surface area contributed by atoms with Crippen LogP contribution in [0.4, 0.5) is 6.01 Å². The summed E-state index contributed by atoms with van der Waals surface area (Å²) in [7, 11) is 1.71. The molecule has 0 bridgehead atoms. The first kappa shape index (κ1) is 13.6. The predicted octanol–water partition coefficient (Wildman–Crippen LogP) is 3.84. The Balaban J connectivity index is 1.53. The highest BCUT2D eigenvalue weighted by Crippen LogP contribution is 2.37. The highest BCUT2D eigenvalue weighted by atomic mass is 16.5. The summed E-state index contributed by atoms with van der Waals surface area (Å²) in [6, 6.07) is 7.09. The van der Waals surface area contributed by atoms with Crippen molar-refractivity contribution in [3.05, 3.63) is 35.2 Å². The van der Waals surface area contributed by atoms with Gasteiger partial charge in [0.2, 0.25) is 5.89 Å². The summed E-state index contributed by atoms with van der Waals surface area (Å²) in [6.45, 7) is 0. The van der Waals surface area contributed by atoms with E-state index < -0.39 is 0 Å². The maximum absolute atomic E-state index is 5.79. The van der Waals surface area contributed by atoms with Gasteiger partial charge in [-0.3, -0.25) is 0 Å². The fourth-order valence-electron chi connectivity index (χ4n) is 3.33. The lowest BCUT2D eigenvalue weighted by Gasteiger charge is -2.26. The maximum Gasteiger partial charge on any atom is 0.315 e. The van der Waals surface area contributed by atoms with Gasteiger partial charge in [0.15, 0.2) is 0 Å². The molecule has 0 spiro atoms. The molecule has 4 rings (SSSR count). The van der Waals surface area contributed by atoms with Crippen molar-refractivity contribution in [3.63, 3.8) is 0 Å². The topological polar surface area (TPSA) is 60.2 Å². The SMILES string of the molecule is COc1ccc2c(c1)CCC[C@H]2Nc1nnc(C2CCC2)o1. The zero-order valence-electron chi connectivity index (χ0n) is 12.8. The Hall–Kier alpha value is -2.04. The van der Waals surface area contributed by atoms with E-state index in [1.807, 2.05) is 6.07 Å². The van der Waals surface area contributed by atoms with Gasteiger partial charge in [-0.25, -0.2) is 0 Å². The molecular formula is C17H21N3O2. The van der Waals surface area contributed by atoms with Crippen molar-refractivity contribution in [2.75, 3.05) is 12.4 Å². The van der Waals surface area contributed by atoms with Crippen LogP contribution in [0.2, 0.25) is 0 Å². The van der Waals surface area contributed by atoms with Crippen LogP contribution < -0.4 is 10.1 Å². The third-order valence-electron chi connectivity index (χ3n) is 4.86. The van der Waals surface area contributed by atoms with Crippen molar-refractivity contribution in [3.8, 4) is 5.75 Å². The highest BCUT2D eigenvalue weighted by Gasteiger charge is 2.27. The number of nitrogens with zero attached hydrogens (tertiary/aromatic N) is 2. The van der Waals surface area contributed by atoms with E-state index in [9.17, 15) is 0 Å². The van der Waals surface area contributed by atoms with Crippen LogP contribution >= 0.6 is 0 Å². The van der Waals surface area contributed by atoms with Crippen LogP contribution in [0.15, 0.2) is 22.6 Å². The van der Waals surface area contributed by atoms with Gasteiger partial charge in [0.1, 0.15) is 5.75 Å². The second-order valence-electron chi connectivity index (χ2n) is 6.23. The Morgan fingerprint density at radius 1 is 1.18 bits per heavy atom. The second-order valence-corrected chi connectivity index (χ2v) is 6.23. The molecule has 1 fully saturated rings. The number of ether oxygens (including phenoxy) is 1. The lowest BCUT2D eigenvalue weighted by atomic mass is 9.85. The Morgan fingerprint density at radius 3 is 2.86 bits per heavy atom. The molecule has 1 atom stereocenters. The van der Waals surface area contributed by atoms with E-state index >= 15 is 0 Å². The van der Waals surface area contributed by atoms with Crippen LogP contribution in [-0.2, 0) is 6.42 Å². The molecule has 1 N–H and O–H groups in total. The van der Waals surface area contributed by atoms with E-state index in [0.29, 0.717) is 11.9 Å². The van der Waals surface area contributed by atoms with Gasteiger partial charge in [0, 0.05) is 5.92 Å². The van der Waals surface area contributed by atoms with Gasteiger partial charge in [0.25, 0.3) is 0 Å². The van der Waals surface area contributed by atoms with Crippen LogP contribution in [-0.4, -0.2) is 17.3 Å². The molecule has 1 aromatic carbocycles. The fourth-order valence-corrected chi connectivity index (χ4v) is 3.33. The molecule has 2 aromatic rings. The Labute approximate surface area is 130 Å². The molecule has 1 aromatic heterocycles. The van der Waals surface area contributed by atoms with Gasteiger partial charge in [-0.1, -0.05) is 17.6 Å². The van der Waals surface area contributed by atoms with E-state index in [2.05, 4.69) is 27.6 Å². The average molecular weight is 299 g/mol. The number of aromatic nitrogens is 2. The molecular weight excluding hydrogens is 278 g/mol. The van der Waals surface area contributed by atoms with Gasteiger partial charge in [-0.2, -0.15) is 0 Å². The van der Waals surface area contributed by atoms with E-state index in [-0.39, 0.29) is 6.04 Å². The molecule has 0 radical (unpaired) electrons. The minimum absolute atomic E-state index is 0.240. The minimum atomic E-state index is 0.240. The van der Waals surface area contributed by atoms with Crippen molar-refractivity contribution in [1.82, 2.24) is 10.2 Å². The molecule has 2 aliphatic carbocycles. The van der Waals surface area contributed by atoms with Crippen molar-refractivity contribution in [2.45, 2.75) is 50.5 Å². The molecule has 116 valence electrons. The average Bonchev–Trinajstić information content (AvgIpc) is 2.93. The number of benzene rings is 1. The summed E-state index contributed by atoms with van der Waals surface area (Å²) in [5, 5.41) is 11.8. The summed E-state index contributed by atoms with van der Waals surface area (Å²) in [4.78, 5) is 0. The summed E-state index contributed by atoms with van der Waals surface area (Å²) in [5.41, 5.74) is 2.66. The van der Waals surface area contributed by atoms with Crippen LogP contribution in [0.3, 0.4) is 0 Å². The van der Waals surface area contributed by atoms with Gasteiger partial charge in [-0.15, -0.1) is 5.10 Å². The van der Waals surface area contributed by atoms with Crippen molar-refractivity contribution >= 4 is 6.01 Å². The molecule has 1 saturated carbocycles. The van der Waals surface area contributed by atoms with Gasteiger partial charge in [0.05, 0.1) is 13.2 Å². The molecule has 1 heterocycles.